The Labute approximate surface area is 204 Å². The third-order valence-electron chi connectivity index (χ3n) is 6.29. The number of likely N-dealkylation sites (tertiary alicyclic amines) is 1. The van der Waals surface area contributed by atoms with Crippen molar-refractivity contribution in [2.75, 3.05) is 13.1 Å². The van der Waals surface area contributed by atoms with Crippen molar-refractivity contribution in [3.05, 3.63) is 95.3 Å². The zero-order chi connectivity index (χ0) is 26.0. The van der Waals surface area contributed by atoms with E-state index in [1.165, 1.54) is 11.1 Å². The van der Waals surface area contributed by atoms with Gasteiger partial charge in [-0.05, 0) is 53.8 Å². The maximum atomic E-state index is 13.1. The number of nitrogens with zero attached hydrogens (tertiary/aromatic N) is 2. The van der Waals surface area contributed by atoms with Crippen LogP contribution in [0.4, 0.5) is 26.3 Å². The SMILES string of the molecule is OC(c1ccc(-c2ccc(/C=C3\CCCN(Cc4ccncc4)C3)cc2)cc1)(C(F)(F)F)C(F)(F)F. The number of halogens is 6. The number of piperidine rings is 1. The minimum atomic E-state index is -5.91. The fourth-order valence-corrected chi connectivity index (χ4v) is 4.37. The van der Waals surface area contributed by atoms with Crippen molar-refractivity contribution in [2.24, 2.45) is 0 Å². The summed E-state index contributed by atoms with van der Waals surface area (Å²) in [7, 11) is 0. The van der Waals surface area contributed by atoms with E-state index in [4.69, 9.17) is 0 Å². The molecule has 190 valence electrons. The molecule has 1 aromatic heterocycles. The molecule has 0 atom stereocenters. The molecule has 1 fully saturated rings. The summed E-state index contributed by atoms with van der Waals surface area (Å²) >= 11 is 0. The average Bonchev–Trinajstić information content (AvgIpc) is 2.84. The third kappa shape index (κ3) is 5.47. The number of hydrogen-bond acceptors (Lipinski definition) is 3. The predicted octanol–water partition coefficient (Wildman–Crippen LogP) is 6.74. The quantitative estimate of drug-likeness (QED) is 0.390. The fourth-order valence-electron chi connectivity index (χ4n) is 4.37. The smallest absolute Gasteiger partial charge is 0.369 e. The second-order valence-corrected chi connectivity index (χ2v) is 8.88. The first-order chi connectivity index (χ1) is 17.0. The molecule has 3 aromatic rings. The first-order valence-corrected chi connectivity index (χ1v) is 11.3. The Morgan fingerprint density at radius 1 is 0.806 bits per heavy atom. The Hall–Kier alpha value is -3.17. The molecule has 2 heterocycles. The molecule has 1 aliphatic heterocycles. The number of benzene rings is 2. The van der Waals surface area contributed by atoms with Gasteiger partial charge in [-0.15, -0.1) is 0 Å². The highest BCUT2D eigenvalue weighted by atomic mass is 19.4. The van der Waals surface area contributed by atoms with Crippen LogP contribution in [0.3, 0.4) is 0 Å². The van der Waals surface area contributed by atoms with Gasteiger partial charge in [-0.1, -0.05) is 60.2 Å². The number of aliphatic hydroxyl groups is 1. The van der Waals surface area contributed by atoms with Gasteiger partial charge in [0.2, 0.25) is 0 Å². The van der Waals surface area contributed by atoms with Crippen LogP contribution in [-0.2, 0) is 12.1 Å². The van der Waals surface area contributed by atoms with Crippen molar-refractivity contribution in [2.45, 2.75) is 37.3 Å². The summed E-state index contributed by atoms with van der Waals surface area (Å²) in [5.41, 5.74) is -1.70. The molecule has 0 saturated carbocycles. The maximum Gasteiger partial charge on any atom is 0.430 e. The molecule has 3 nitrogen and oxygen atoms in total. The summed E-state index contributed by atoms with van der Waals surface area (Å²) in [4.78, 5) is 6.41. The van der Waals surface area contributed by atoms with Crippen molar-refractivity contribution in [1.29, 1.82) is 0 Å². The molecule has 1 aliphatic rings. The van der Waals surface area contributed by atoms with Crippen LogP contribution in [0, 0.1) is 0 Å². The second-order valence-electron chi connectivity index (χ2n) is 8.88. The Kier molecular flexibility index (Phi) is 7.24. The van der Waals surface area contributed by atoms with Gasteiger partial charge in [-0.25, -0.2) is 0 Å². The van der Waals surface area contributed by atoms with E-state index in [0.29, 0.717) is 23.3 Å². The van der Waals surface area contributed by atoms with Crippen LogP contribution in [-0.4, -0.2) is 40.4 Å². The highest BCUT2D eigenvalue weighted by molar-refractivity contribution is 5.66. The van der Waals surface area contributed by atoms with E-state index in [-0.39, 0.29) is 0 Å². The van der Waals surface area contributed by atoms with Gasteiger partial charge in [0.15, 0.2) is 0 Å². The van der Waals surface area contributed by atoms with Crippen LogP contribution >= 0.6 is 0 Å². The molecule has 9 heteroatoms. The highest BCUT2D eigenvalue weighted by Crippen LogP contribution is 2.50. The lowest BCUT2D eigenvalue weighted by atomic mass is 9.90. The summed E-state index contributed by atoms with van der Waals surface area (Å²) in [5, 5.41) is 9.55. The molecule has 0 unspecified atom stereocenters. The molecule has 4 rings (SSSR count). The van der Waals surface area contributed by atoms with Crippen LogP contribution in [0.2, 0.25) is 0 Å². The first kappa shape index (κ1) is 25.9. The Bertz CT molecular complexity index is 1170. The van der Waals surface area contributed by atoms with E-state index < -0.39 is 23.5 Å². The summed E-state index contributed by atoms with van der Waals surface area (Å²) in [6.45, 7) is 2.69. The summed E-state index contributed by atoms with van der Waals surface area (Å²) < 4.78 is 78.6. The van der Waals surface area contributed by atoms with Crippen molar-refractivity contribution < 1.29 is 31.4 Å². The van der Waals surface area contributed by atoms with E-state index in [9.17, 15) is 31.4 Å². The number of rotatable bonds is 5. The van der Waals surface area contributed by atoms with Crippen molar-refractivity contribution >= 4 is 6.08 Å². The molecule has 0 bridgehead atoms. The van der Waals surface area contributed by atoms with E-state index in [0.717, 1.165) is 50.2 Å². The Balaban J connectivity index is 1.47. The third-order valence-corrected chi connectivity index (χ3v) is 6.29. The molecular formula is C27H24F6N2O. The van der Waals surface area contributed by atoms with E-state index in [1.54, 1.807) is 24.5 Å². The fraction of sp³-hybridized carbons (Fsp3) is 0.296. The molecule has 0 amide bonds. The molecule has 0 radical (unpaired) electrons. The van der Waals surface area contributed by atoms with E-state index >= 15 is 0 Å². The lowest BCUT2D eigenvalue weighted by Gasteiger charge is -2.32. The van der Waals surface area contributed by atoms with Gasteiger partial charge in [0.1, 0.15) is 0 Å². The van der Waals surface area contributed by atoms with Crippen LogP contribution in [0.25, 0.3) is 17.2 Å². The molecular weight excluding hydrogens is 482 g/mol. The zero-order valence-corrected chi connectivity index (χ0v) is 19.2. The van der Waals surface area contributed by atoms with Crippen molar-refractivity contribution in [3.63, 3.8) is 0 Å². The molecule has 2 aromatic carbocycles. The molecule has 0 aliphatic carbocycles. The van der Waals surface area contributed by atoms with E-state index in [1.807, 2.05) is 24.3 Å². The number of aromatic nitrogens is 1. The van der Waals surface area contributed by atoms with Crippen LogP contribution < -0.4 is 0 Å². The van der Waals surface area contributed by atoms with Gasteiger partial charge in [0, 0.05) is 31.0 Å². The summed E-state index contributed by atoms with van der Waals surface area (Å²) in [6, 6.07) is 14.8. The molecule has 1 saturated heterocycles. The monoisotopic (exact) mass is 506 g/mol. The lowest BCUT2D eigenvalue weighted by molar-refractivity contribution is -0.376. The summed E-state index contributed by atoms with van der Waals surface area (Å²) in [5.74, 6) is 0. The minimum absolute atomic E-state index is 0.436. The largest absolute Gasteiger partial charge is 0.430 e. The van der Waals surface area contributed by atoms with Gasteiger partial charge in [0.25, 0.3) is 5.60 Å². The Morgan fingerprint density at radius 2 is 1.36 bits per heavy atom. The van der Waals surface area contributed by atoms with E-state index in [2.05, 4.69) is 16.0 Å². The number of pyridine rings is 1. The van der Waals surface area contributed by atoms with Gasteiger partial charge >= 0.3 is 12.4 Å². The number of hydrogen-bond donors (Lipinski definition) is 1. The Morgan fingerprint density at radius 3 is 1.92 bits per heavy atom. The topological polar surface area (TPSA) is 36.4 Å². The molecule has 0 spiro atoms. The first-order valence-electron chi connectivity index (χ1n) is 11.3. The maximum absolute atomic E-state index is 13.1. The van der Waals surface area contributed by atoms with Gasteiger partial charge in [-0.2, -0.15) is 26.3 Å². The van der Waals surface area contributed by atoms with Crippen molar-refractivity contribution in [1.82, 2.24) is 9.88 Å². The van der Waals surface area contributed by atoms with Gasteiger partial charge < -0.3 is 5.11 Å². The van der Waals surface area contributed by atoms with Crippen LogP contribution in [0.1, 0.15) is 29.5 Å². The van der Waals surface area contributed by atoms with Gasteiger partial charge in [-0.3, -0.25) is 9.88 Å². The minimum Gasteiger partial charge on any atom is -0.369 e. The zero-order valence-electron chi connectivity index (χ0n) is 19.2. The van der Waals surface area contributed by atoms with Crippen LogP contribution in [0.5, 0.6) is 0 Å². The predicted molar refractivity (Wildman–Crippen MR) is 125 cm³/mol. The number of alkyl halides is 6. The second kappa shape index (κ2) is 10.1. The van der Waals surface area contributed by atoms with Crippen LogP contribution in [0.15, 0.2) is 78.6 Å². The summed E-state index contributed by atoms with van der Waals surface area (Å²) in [6.07, 6.45) is -4.13. The van der Waals surface area contributed by atoms with Gasteiger partial charge in [0.05, 0.1) is 0 Å². The lowest BCUT2D eigenvalue weighted by Crippen LogP contribution is -2.53. The standard InChI is InChI=1S/C27H24F6N2O/c28-26(29,30)25(36,27(31,32)33)24-9-7-23(8-10-24)22-5-3-19(4-6-22)16-21-2-1-15-35(18-21)17-20-11-13-34-14-12-20/h3-14,16,36H,1-2,15,17-18H2/b21-16+. The molecule has 36 heavy (non-hydrogen) atoms. The highest BCUT2D eigenvalue weighted by Gasteiger charge is 2.71. The normalized spacial score (nSPS) is 16.9. The van der Waals surface area contributed by atoms with Crippen molar-refractivity contribution in [3.8, 4) is 11.1 Å². The average molecular weight is 506 g/mol. The molecule has 1 N–H and O–H groups in total.